The largest absolute Gasteiger partial charge is 0.438 e. The first-order chi connectivity index (χ1) is 9.56. The van der Waals surface area contributed by atoms with Crippen molar-refractivity contribution in [3.63, 3.8) is 0 Å². The van der Waals surface area contributed by atoms with E-state index in [1.165, 1.54) is 30.5 Å². The molecule has 0 saturated heterocycles. The molecule has 0 saturated carbocycles. The smallest absolute Gasteiger partial charge is 0.256 e. The number of carbonyl (C=O) groups is 1. The fourth-order valence-corrected chi connectivity index (χ4v) is 1.60. The van der Waals surface area contributed by atoms with Crippen molar-refractivity contribution in [1.82, 2.24) is 10.3 Å². The molecule has 0 spiro atoms. The summed E-state index contributed by atoms with van der Waals surface area (Å²) in [5.74, 6) is 0.00214. The Morgan fingerprint density at radius 1 is 1.25 bits per heavy atom. The van der Waals surface area contributed by atoms with E-state index in [9.17, 15) is 9.18 Å². The highest BCUT2D eigenvalue weighted by molar-refractivity contribution is 5.96. The van der Waals surface area contributed by atoms with Crippen molar-refractivity contribution in [3.05, 3.63) is 54.0 Å². The van der Waals surface area contributed by atoms with Crippen LogP contribution in [0.3, 0.4) is 0 Å². The summed E-state index contributed by atoms with van der Waals surface area (Å²) in [7, 11) is 0. The molecule has 0 aliphatic heterocycles. The van der Waals surface area contributed by atoms with E-state index in [1.807, 2.05) is 13.8 Å². The van der Waals surface area contributed by atoms with Gasteiger partial charge in [-0.25, -0.2) is 9.37 Å². The minimum absolute atomic E-state index is 0.0152. The molecule has 0 aliphatic carbocycles. The Morgan fingerprint density at radius 3 is 2.60 bits per heavy atom. The number of nitrogens with one attached hydrogen (secondary N) is 1. The summed E-state index contributed by atoms with van der Waals surface area (Å²) >= 11 is 0. The number of carbonyl (C=O) groups excluding carboxylic acids is 1. The van der Waals surface area contributed by atoms with Gasteiger partial charge in [0.2, 0.25) is 5.88 Å². The first kappa shape index (κ1) is 14.0. The van der Waals surface area contributed by atoms with E-state index in [1.54, 1.807) is 12.1 Å². The van der Waals surface area contributed by atoms with Crippen molar-refractivity contribution in [2.75, 3.05) is 0 Å². The van der Waals surface area contributed by atoms with E-state index < -0.39 is 0 Å². The third-order valence-electron chi connectivity index (χ3n) is 2.46. The molecule has 0 fully saturated rings. The summed E-state index contributed by atoms with van der Waals surface area (Å²) < 4.78 is 18.4. The molecule has 1 aromatic carbocycles. The zero-order valence-corrected chi connectivity index (χ0v) is 11.3. The van der Waals surface area contributed by atoms with Crippen molar-refractivity contribution in [1.29, 1.82) is 0 Å². The number of ether oxygens (including phenoxy) is 1. The molecule has 0 radical (unpaired) electrons. The van der Waals surface area contributed by atoms with Crippen LogP contribution in [0.5, 0.6) is 11.6 Å². The van der Waals surface area contributed by atoms with Gasteiger partial charge in [-0.15, -0.1) is 0 Å². The monoisotopic (exact) mass is 274 g/mol. The number of hydrogen-bond donors (Lipinski definition) is 1. The third-order valence-corrected chi connectivity index (χ3v) is 2.46. The third kappa shape index (κ3) is 3.54. The number of aromatic nitrogens is 1. The van der Waals surface area contributed by atoms with E-state index >= 15 is 0 Å². The molecular weight excluding hydrogens is 259 g/mol. The Morgan fingerprint density at radius 2 is 1.95 bits per heavy atom. The van der Waals surface area contributed by atoms with Crippen molar-refractivity contribution in [2.24, 2.45) is 0 Å². The van der Waals surface area contributed by atoms with Crippen LogP contribution in [-0.4, -0.2) is 16.9 Å². The molecule has 1 N–H and O–H groups in total. The van der Waals surface area contributed by atoms with E-state index in [0.717, 1.165) is 0 Å². The quantitative estimate of drug-likeness (QED) is 0.931. The van der Waals surface area contributed by atoms with Crippen LogP contribution >= 0.6 is 0 Å². The number of hydrogen-bond acceptors (Lipinski definition) is 3. The summed E-state index contributed by atoms with van der Waals surface area (Å²) in [5.41, 5.74) is 0.338. The Hall–Kier alpha value is -2.43. The van der Waals surface area contributed by atoms with Crippen molar-refractivity contribution < 1.29 is 13.9 Å². The maximum atomic E-state index is 12.8. The lowest BCUT2D eigenvalue weighted by atomic mass is 10.2. The second kappa shape index (κ2) is 6.14. The van der Waals surface area contributed by atoms with Crippen LogP contribution in [0.15, 0.2) is 42.6 Å². The molecular formula is C15H15FN2O2. The predicted octanol–water partition coefficient (Wildman–Crippen LogP) is 3.15. The predicted molar refractivity (Wildman–Crippen MR) is 73.3 cm³/mol. The maximum Gasteiger partial charge on any atom is 0.256 e. The topological polar surface area (TPSA) is 51.2 Å². The van der Waals surface area contributed by atoms with Gasteiger partial charge in [0.25, 0.3) is 5.91 Å². The average Bonchev–Trinajstić information content (AvgIpc) is 2.41. The van der Waals surface area contributed by atoms with Crippen LogP contribution in [0.1, 0.15) is 24.2 Å². The lowest BCUT2D eigenvalue weighted by Crippen LogP contribution is -2.30. The van der Waals surface area contributed by atoms with Crippen LogP contribution in [-0.2, 0) is 0 Å². The standard InChI is InChI=1S/C15H15FN2O2/c1-10(2)18-14(19)13-4-3-9-17-15(13)20-12-7-5-11(16)6-8-12/h3-10H,1-2H3,(H,18,19). The Balaban J connectivity index is 2.23. The lowest BCUT2D eigenvalue weighted by Gasteiger charge is -2.12. The molecule has 1 aromatic heterocycles. The molecule has 1 amide bonds. The van der Waals surface area contributed by atoms with Crippen molar-refractivity contribution >= 4 is 5.91 Å². The second-order valence-corrected chi connectivity index (χ2v) is 4.54. The van der Waals surface area contributed by atoms with Gasteiger partial charge in [0, 0.05) is 12.2 Å². The molecule has 4 nitrogen and oxygen atoms in total. The summed E-state index contributed by atoms with van der Waals surface area (Å²) in [6.07, 6.45) is 1.53. The van der Waals surface area contributed by atoms with Crippen LogP contribution in [0, 0.1) is 5.82 Å². The Bertz CT molecular complexity index is 597. The van der Waals surface area contributed by atoms with E-state index in [4.69, 9.17) is 4.74 Å². The van der Waals surface area contributed by atoms with Crippen LogP contribution in [0.25, 0.3) is 0 Å². The van der Waals surface area contributed by atoms with Crippen molar-refractivity contribution in [3.8, 4) is 11.6 Å². The SMILES string of the molecule is CC(C)NC(=O)c1cccnc1Oc1ccc(F)cc1. The highest BCUT2D eigenvalue weighted by Gasteiger charge is 2.14. The first-order valence-electron chi connectivity index (χ1n) is 6.25. The van der Waals surface area contributed by atoms with Gasteiger partial charge in [0.1, 0.15) is 17.1 Å². The molecule has 104 valence electrons. The van der Waals surface area contributed by atoms with Gasteiger partial charge in [-0.3, -0.25) is 4.79 Å². The molecule has 0 atom stereocenters. The summed E-state index contributed by atoms with van der Waals surface area (Å²) in [4.78, 5) is 16.1. The summed E-state index contributed by atoms with van der Waals surface area (Å²) in [6.45, 7) is 3.74. The van der Waals surface area contributed by atoms with E-state index in [2.05, 4.69) is 10.3 Å². The number of halogens is 1. The van der Waals surface area contributed by atoms with Crippen molar-refractivity contribution in [2.45, 2.75) is 19.9 Å². The average molecular weight is 274 g/mol. The van der Waals surface area contributed by atoms with Gasteiger partial charge < -0.3 is 10.1 Å². The Kier molecular flexibility index (Phi) is 4.30. The maximum absolute atomic E-state index is 12.8. The number of pyridine rings is 1. The molecule has 1 heterocycles. The minimum Gasteiger partial charge on any atom is -0.438 e. The molecule has 2 rings (SSSR count). The zero-order valence-electron chi connectivity index (χ0n) is 11.3. The van der Waals surface area contributed by atoms with Crippen LogP contribution < -0.4 is 10.1 Å². The molecule has 0 unspecified atom stereocenters. The Labute approximate surface area is 116 Å². The van der Waals surface area contributed by atoms with Gasteiger partial charge >= 0.3 is 0 Å². The van der Waals surface area contributed by atoms with E-state index in [-0.39, 0.29) is 23.6 Å². The summed E-state index contributed by atoms with van der Waals surface area (Å²) in [6, 6.07) is 8.83. The lowest BCUT2D eigenvalue weighted by molar-refractivity contribution is 0.0940. The minimum atomic E-state index is -0.351. The van der Waals surface area contributed by atoms with Gasteiger partial charge in [-0.05, 0) is 50.2 Å². The first-order valence-corrected chi connectivity index (χ1v) is 6.25. The molecule has 0 aliphatic rings. The number of amides is 1. The summed E-state index contributed by atoms with van der Waals surface area (Å²) in [5, 5.41) is 2.78. The molecule has 20 heavy (non-hydrogen) atoms. The van der Waals surface area contributed by atoms with Crippen LogP contribution in [0.2, 0.25) is 0 Å². The van der Waals surface area contributed by atoms with Gasteiger partial charge in [0.05, 0.1) is 0 Å². The molecule has 5 heteroatoms. The zero-order chi connectivity index (χ0) is 14.5. The highest BCUT2D eigenvalue weighted by atomic mass is 19.1. The number of rotatable bonds is 4. The van der Waals surface area contributed by atoms with E-state index in [0.29, 0.717) is 11.3 Å². The second-order valence-electron chi connectivity index (χ2n) is 4.54. The highest BCUT2D eigenvalue weighted by Crippen LogP contribution is 2.23. The number of benzene rings is 1. The normalized spacial score (nSPS) is 10.4. The van der Waals surface area contributed by atoms with Gasteiger partial charge in [0.15, 0.2) is 0 Å². The number of nitrogens with zero attached hydrogens (tertiary/aromatic N) is 1. The van der Waals surface area contributed by atoms with Crippen LogP contribution in [0.4, 0.5) is 4.39 Å². The fraction of sp³-hybridized carbons (Fsp3) is 0.200. The van der Waals surface area contributed by atoms with Gasteiger partial charge in [-0.1, -0.05) is 0 Å². The molecule has 0 bridgehead atoms. The molecule has 2 aromatic rings. The fourth-order valence-electron chi connectivity index (χ4n) is 1.60. The van der Waals surface area contributed by atoms with Gasteiger partial charge in [-0.2, -0.15) is 0 Å².